The largest absolute Gasteiger partial charge is 0.370 e. The van der Waals surface area contributed by atoms with Crippen LogP contribution < -0.4 is 11.1 Å². The molecular formula is C12H21N3O2. The summed E-state index contributed by atoms with van der Waals surface area (Å²) < 4.78 is 0. The summed E-state index contributed by atoms with van der Waals surface area (Å²) in [5.41, 5.74) is 5.25. The molecule has 0 saturated carbocycles. The molecule has 5 heteroatoms. The van der Waals surface area contributed by atoms with Crippen LogP contribution >= 0.6 is 0 Å². The Morgan fingerprint density at radius 2 is 2.12 bits per heavy atom. The maximum Gasteiger partial charge on any atom is 0.227 e. The molecule has 3 N–H and O–H groups in total. The molecule has 96 valence electrons. The van der Waals surface area contributed by atoms with Crippen molar-refractivity contribution in [3.63, 3.8) is 0 Å². The van der Waals surface area contributed by atoms with Crippen molar-refractivity contribution in [2.75, 3.05) is 19.6 Å². The number of carbonyl (C=O) groups excluding carboxylic acids is 2. The molecule has 0 aliphatic carbocycles. The van der Waals surface area contributed by atoms with Crippen molar-refractivity contribution in [2.45, 2.75) is 38.1 Å². The average molecular weight is 239 g/mol. The predicted molar refractivity (Wildman–Crippen MR) is 64.1 cm³/mol. The van der Waals surface area contributed by atoms with Crippen molar-refractivity contribution >= 4 is 11.8 Å². The monoisotopic (exact) mass is 239 g/mol. The fourth-order valence-corrected chi connectivity index (χ4v) is 2.84. The lowest BCUT2D eigenvalue weighted by Gasteiger charge is -2.36. The Balaban J connectivity index is 1.99. The van der Waals surface area contributed by atoms with Crippen LogP contribution in [0.15, 0.2) is 0 Å². The van der Waals surface area contributed by atoms with Crippen molar-refractivity contribution in [1.82, 2.24) is 10.2 Å². The number of hydrogen-bond acceptors (Lipinski definition) is 3. The van der Waals surface area contributed by atoms with Gasteiger partial charge in [-0.1, -0.05) is 0 Å². The standard InChI is InChI=1S/C12H21N3O2/c13-11(16)7-10-3-1-2-6-15(10)12(17)9-4-5-14-8-9/h9-10,14H,1-8H2,(H2,13,16)/t9-,10+/m0/s1. The SMILES string of the molecule is NC(=O)C[C@H]1CCCCN1C(=O)[C@H]1CCNC1. The first-order valence-corrected chi connectivity index (χ1v) is 6.48. The van der Waals surface area contributed by atoms with Gasteiger partial charge in [0.05, 0.1) is 5.92 Å². The zero-order chi connectivity index (χ0) is 12.3. The third-order valence-corrected chi connectivity index (χ3v) is 3.76. The number of nitrogens with one attached hydrogen (secondary N) is 1. The quantitative estimate of drug-likeness (QED) is 0.719. The Labute approximate surface area is 102 Å². The third kappa shape index (κ3) is 2.97. The van der Waals surface area contributed by atoms with E-state index in [0.29, 0.717) is 6.42 Å². The normalized spacial score (nSPS) is 29.3. The summed E-state index contributed by atoms with van der Waals surface area (Å²) in [5.74, 6) is 0.00340. The highest BCUT2D eigenvalue weighted by atomic mass is 16.2. The Bertz CT molecular complexity index is 300. The molecule has 2 heterocycles. The van der Waals surface area contributed by atoms with E-state index in [4.69, 9.17) is 5.73 Å². The van der Waals surface area contributed by atoms with Gasteiger partial charge in [-0.05, 0) is 32.2 Å². The number of nitrogens with two attached hydrogens (primary N) is 1. The van der Waals surface area contributed by atoms with E-state index in [1.54, 1.807) is 0 Å². The maximum absolute atomic E-state index is 12.3. The van der Waals surface area contributed by atoms with Gasteiger partial charge in [0.15, 0.2) is 0 Å². The molecule has 0 aromatic heterocycles. The zero-order valence-electron chi connectivity index (χ0n) is 10.2. The summed E-state index contributed by atoms with van der Waals surface area (Å²) >= 11 is 0. The lowest BCUT2D eigenvalue weighted by Crippen LogP contribution is -2.48. The van der Waals surface area contributed by atoms with Gasteiger partial charge in [0.1, 0.15) is 0 Å². The molecular weight excluding hydrogens is 218 g/mol. The molecule has 2 aliphatic rings. The molecule has 2 fully saturated rings. The molecule has 17 heavy (non-hydrogen) atoms. The minimum atomic E-state index is -0.306. The lowest BCUT2D eigenvalue weighted by molar-refractivity contribution is -0.139. The summed E-state index contributed by atoms with van der Waals surface area (Å²) in [6, 6.07) is 0.0364. The highest BCUT2D eigenvalue weighted by Gasteiger charge is 2.33. The van der Waals surface area contributed by atoms with Gasteiger partial charge < -0.3 is 16.0 Å². The van der Waals surface area contributed by atoms with Crippen LogP contribution in [0.5, 0.6) is 0 Å². The van der Waals surface area contributed by atoms with Crippen molar-refractivity contribution in [2.24, 2.45) is 11.7 Å². The van der Waals surface area contributed by atoms with Gasteiger partial charge in [-0.25, -0.2) is 0 Å². The van der Waals surface area contributed by atoms with Crippen LogP contribution in [0.4, 0.5) is 0 Å². The topological polar surface area (TPSA) is 75.4 Å². The second-order valence-electron chi connectivity index (χ2n) is 5.04. The molecule has 0 spiro atoms. The minimum Gasteiger partial charge on any atom is -0.370 e. The number of likely N-dealkylation sites (tertiary alicyclic amines) is 1. The second kappa shape index (κ2) is 5.49. The summed E-state index contributed by atoms with van der Waals surface area (Å²) in [6.07, 6.45) is 4.27. The number of nitrogens with zero attached hydrogens (tertiary/aromatic N) is 1. The molecule has 5 nitrogen and oxygen atoms in total. The molecule has 0 unspecified atom stereocenters. The van der Waals surface area contributed by atoms with E-state index in [1.807, 2.05) is 4.90 Å². The molecule has 0 aromatic rings. The van der Waals surface area contributed by atoms with Gasteiger partial charge in [-0.3, -0.25) is 9.59 Å². The third-order valence-electron chi connectivity index (χ3n) is 3.76. The fraction of sp³-hybridized carbons (Fsp3) is 0.833. The molecule has 0 bridgehead atoms. The van der Waals surface area contributed by atoms with Crippen molar-refractivity contribution in [3.05, 3.63) is 0 Å². The Morgan fingerprint density at radius 1 is 1.29 bits per heavy atom. The lowest BCUT2D eigenvalue weighted by atomic mass is 9.96. The van der Waals surface area contributed by atoms with Crippen LogP contribution in [-0.2, 0) is 9.59 Å². The molecule has 0 aromatic carbocycles. The van der Waals surface area contributed by atoms with Gasteiger partial charge in [0, 0.05) is 25.6 Å². The first-order valence-electron chi connectivity index (χ1n) is 6.48. The van der Waals surface area contributed by atoms with Crippen LogP contribution in [-0.4, -0.2) is 42.4 Å². The van der Waals surface area contributed by atoms with Gasteiger partial charge in [0.2, 0.25) is 11.8 Å². The Hall–Kier alpha value is -1.10. The van der Waals surface area contributed by atoms with Crippen LogP contribution in [0.3, 0.4) is 0 Å². The van der Waals surface area contributed by atoms with E-state index in [0.717, 1.165) is 45.3 Å². The van der Waals surface area contributed by atoms with Crippen LogP contribution in [0.25, 0.3) is 0 Å². The summed E-state index contributed by atoms with van der Waals surface area (Å²) in [5, 5.41) is 3.21. The van der Waals surface area contributed by atoms with Gasteiger partial charge in [-0.15, -0.1) is 0 Å². The Morgan fingerprint density at radius 3 is 2.76 bits per heavy atom. The summed E-state index contributed by atoms with van der Waals surface area (Å²) in [7, 11) is 0. The van der Waals surface area contributed by atoms with Gasteiger partial charge in [0.25, 0.3) is 0 Å². The van der Waals surface area contributed by atoms with E-state index in [-0.39, 0.29) is 23.8 Å². The number of rotatable bonds is 3. The van der Waals surface area contributed by atoms with Crippen molar-refractivity contribution in [3.8, 4) is 0 Å². The number of hydrogen-bond donors (Lipinski definition) is 2. The highest BCUT2D eigenvalue weighted by Crippen LogP contribution is 2.23. The van der Waals surface area contributed by atoms with Crippen molar-refractivity contribution in [1.29, 1.82) is 0 Å². The van der Waals surface area contributed by atoms with E-state index in [2.05, 4.69) is 5.32 Å². The van der Waals surface area contributed by atoms with E-state index in [9.17, 15) is 9.59 Å². The fourth-order valence-electron chi connectivity index (χ4n) is 2.84. The van der Waals surface area contributed by atoms with Crippen LogP contribution in [0, 0.1) is 5.92 Å². The molecule has 0 radical (unpaired) electrons. The smallest absolute Gasteiger partial charge is 0.227 e. The first-order chi connectivity index (χ1) is 8.18. The Kier molecular flexibility index (Phi) is 3.99. The van der Waals surface area contributed by atoms with E-state index >= 15 is 0 Å². The summed E-state index contributed by atoms with van der Waals surface area (Å²) in [6.45, 7) is 2.48. The van der Waals surface area contributed by atoms with Crippen LogP contribution in [0.2, 0.25) is 0 Å². The van der Waals surface area contributed by atoms with Gasteiger partial charge in [-0.2, -0.15) is 0 Å². The molecule has 2 saturated heterocycles. The number of carbonyl (C=O) groups is 2. The number of amides is 2. The molecule has 2 atom stereocenters. The number of piperidine rings is 1. The molecule has 2 aliphatic heterocycles. The van der Waals surface area contributed by atoms with E-state index < -0.39 is 0 Å². The molecule has 2 rings (SSSR count). The minimum absolute atomic E-state index is 0.0364. The molecule has 2 amide bonds. The summed E-state index contributed by atoms with van der Waals surface area (Å²) in [4.78, 5) is 25.2. The van der Waals surface area contributed by atoms with Crippen molar-refractivity contribution < 1.29 is 9.59 Å². The number of primary amides is 1. The maximum atomic E-state index is 12.3. The van der Waals surface area contributed by atoms with Crippen LogP contribution in [0.1, 0.15) is 32.1 Å². The van der Waals surface area contributed by atoms with Gasteiger partial charge >= 0.3 is 0 Å². The second-order valence-corrected chi connectivity index (χ2v) is 5.04. The predicted octanol–water partition coefficient (Wildman–Crippen LogP) is -0.148. The van der Waals surface area contributed by atoms with E-state index in [1.165, 1.54) is 0 Å². The average Bonchev–Trinajstić information content (AvgIpc) is 2.81. The first kappa shape index (κ1) is 12.4. The highest BCUT2D eigenvalue weighted by molar-refractivity contribution is 5.81. The zero-order valence-corrected chi connectivity index (χ0v) is 10.2.